The summed E-state index contributed by atoms with van der Waals surface area (Å²) in [7, 11) is 0. The van der Waals surface area contributed by atoms with Crippen LogP contribution in [0.4, 0.5) is 0 Å². The Morgan fingerprint density at radius 2 is 2.42 bits per heavy atom. The van der Waals surface area contributed by atoms with Crippen LogP contribution in [0.3, 0.4) is 0 Å². The highest BCUT2D eigenvalue weighted by Gasteiger charge is 1.96. The maximum absolute atomic E-state index is 10.6. The molecule has 1 aromatic heterocycles. The Hall–Kier alpha value is -0.480. The summed E-state index contributed by atoms with van der Waals surface area (Å²) in [6.07, 6.45) is 1.75. The van der Waals surface area contributed by atoms with Crippen molar-refractivity contribution in [3.05, 3.63) is 24.4 Å². The largest absolute Gasteiger partial charge is 0.288 e. The fourth-order valence-electron chi connectivity index (χ4n) is 0.605. The molecule has 0 spiro atoms. The molecule has 0 aliphatic carbocycles. The Labute approximate surface area is 80.2 Å². The van der Waals surface area contributed by atoms with Crippen molar-refractivity contribution in [1.29, 1.82) is 0 Å². The summed E-state index contributed by atoms with van der Waals surface area (Å²) >= 11 is 2.89. The zero-order valence-electron chi connectivity index (χ0n) is 6.69. The van der Waals surface area contributed by atoms with Crippen molar-refractivity contribution in [3.8, 4) is 0 Å². The highest BCUT2D eigenvalue weighted by atomic mass is 32.2. The van der Waals surface area contributed by atoms with Crippen LogP contribution in [-0.4, -0.2) is 15.2 Å². The van der Waals surface area contributed by atoms with Gasteiger partial charge in [0.2, 0.25) is 0 Å². The smallest absolute Gasteiger partial charge is 0.186 e. The quantitative estimate of drug-likeness (QED) is 0.552. The predicted octanol–water partition coefficient (Wildman–Crippen LogP) is 2.41. The van der Waals surface area contributed by atoms with E-state index in [1.165, 1.54) is 11.8 Å². The molecule has 0 atom stereocenters. The van der Waals surface area contributed by atoms with Gasteiger partial charge in [0.1, 0.15) is 0 Å². The molecule has 0 bridgehead atoms. The fourth-order valence-corrected chi connectivity index (χ4v) is 2.30. The van der Waals surface area contributed by atoms with Crippen molar-refractivity contribution in [3.63, 3.8) is 0 Å². The number of hydrogen-bond donors (Lipinski definition) is 0. The minimum atomic E-state index is 0.151. The van der Waals surface area contributed by atoms with Gasteiger partial charge in [0, 0.05) is 13.1 Å². The van der Waals surface area contributed by atoms with Crippen molar-refractivity contribution < 1.29 is 4.79 Å². The van der Waals surface area contributed by atoms with E-state index in [-0.39, 0.29) is 5.12 Å². The lowest BCUT2D eigenvalue weighted by Crippen LogP contribution is -1.83. The number of hydrogen-bond acceptors (Lipinski definition) is 4. The molecule has 0 aliphatic heterocycles. The summed E-state index contributed by atoms with van der Waals surface area (Å²) in [6.45, 7) is 1.57. The summed E-state index contributed by atoms with van der Waals surface area (Å²) in [5.41, 5.74) is 0. The van der Waals surface area contributed by atoms with E-state index in [4.69, 9.17) is 0 Å². The minimum Gasteiger partial charge on any atom is -0.288 e. The Morgan fingerprint density at radius 3 is 3.00 bits per heavy atom. The second kappa shape index (κ2) is 5.22. The van der Waals surface area contributed by atoms with Crippen LogP contribution >= 0.6 is 23.5 Å². The molecule has 1 aromatic rings. The second-order valence-corrected chi connectivity index (χ2v) is 4.58. The number of nitrogens with zero attached hydrogens (tertiary/aromatic N) is 1. The molecule has 0 radical (unpaired) electrons. The van der Waals surface area contributed by atoms with Gasteiger partial charge in [-0.3, -0.25) is 4.79 Å². The van der Waals surface area contributed by atoms with Gasteiger partial charge in [0.05, 0.1) is 10.1 Å². The van der Waals surface area contributed by atoms with Gasteiger partial charge in [-0.2, -0.15) is 0 Å². The van der Waals surface area contributed by atoms with Crippen LogP contribution in [0.25, 0.3) is 0 Å². The average Bonchev–Trinajstić information content (AvgIpc) is 2.05. The van der Waals surface area contributed by atoms with Gasteiger partial charge in [-0.15, -0.1) is 0 Å². The lowest BCUT2D eigenvalue weighted by molar-refractivity contribution is -0.109. The van der Waals surface area contributed by atoms with E-state index in [0.29, 0.717) is 0 Å². The number of rotatable bonds is 3. The third-order valence-corrected chi connectivity index (χ3v) is 2.99. The summed E-state index contributed by atoms with van der Waals surface area (Å²) in [4.78, 5) is 14.7. The fraction of sp³-hybridized carbons (Fsp3) is 0.250. The molecule has 1 rings (SSSR count). The van der Waals surface area contributed by atoms with Crippen molar-refractivity contribution >= 4 is 28.6 Å². The van der Waals surface area contributed by atoms with Crippen LogP contribution in [0.2, 0.25) is 0 Å². The molecule has 0 fully saturated rings. The van der Waals surface area contributed by atoms with Crippen LogP contribution in [0.5, 0.6) is 0 Å². The molecule has 0 amide bonds. The first-order valence-corrected chi connectivity index (χ1v) is 5.43. The van der Waals surface area contributed by atoms with Gasteiger partial charge in [-0.05, 0) is 12.1 Å². The maximum Gasteiger partial charge on any atom is 0.186 e. The van der Waals surface area contributed by atoms with Crippen LogP contribution in [-0.2, 0) is 4.79 Å². The number of aromatic nitrogens is 1. The van der Waals surface area contributed by atoms with Gasteiger partial charge in [-0.1, -0.05) is 29.6 Å². The summed E-state index contributed by atoms with van der Waals surface area (Å²) in [5, 5.41) is 1.86. The van der Waals surface area contributed by atoms with Crippen LogP contribution in [0.1, 0.15) is 6.92 Å². The predicted molar refractivity (Wildman–Crippen MR) is 53.2 cm³/mol. The Morgan fingerprint density at radius 1 is 1.58 bits per heavy atom. The average molecular weight is 199 g/mol. The first-order valence-electron chi connectivity index (χ1n) is 3.46. The molecular weight excluding hydrogens is 190 g/mol. The molecule has 2 nitrogen and oxygen atoms in total. The zero-order valence-corrected chi connectivity index (χ0v) is 8.32. The van der Waals surface area contributed by atoms with Gasteiger partial charge in [0.25, 0.3) is 0 Å². The first-order chi connectivity index (χ1) is 5.79. The molecule has 0 saturated carbocycles. The molecule has 0 aliphatic rings. The van der Waals surface area contributed by atoms with Gasteiger partial charge in [-0.25, -0.2) is 4.98 Å². The SMILES string of the molecule is CC(=O)SCSc1ccccn1. The highest BCUT2D eigenvalue weighted by molar-refractivity contribution is 8.23. The lowest BCUT2D eigenvalue weighted by atomic mass is 10.5. The first kappa shape index (κ1) is 9.61. The Balaban J connectivity index is 2.29. The van der Waals surface area contributed by atoms with E-state index in [0.717, 1.165) is 10.1 Å². The highest BCUT2D eigenvalue weighted by Crippen LogP contribution is 2.19. The van der Waals surface area contributed by atoms with E-state index in [2.05, 4.69) is 4.98 Å². The Bertz CT molecular complexity index is 250. The number of carbonyl (C=O) groups excluding carboxylic acids is 1. The third-order valence-electron chi connectivity index (χ3n) is 1.11. The molecule has 0 saturated heterocycles. The molecule has 4 heteroatoms. The molecular formula is C8H9NOS2. The standard InChI is InChI=1S/C8H9NOS2/c1-7(10)11-6-12-8-4-2-3-5-9-8/h2-5H,6H2,1H3. The third kappa shape index (κ3) is 3.78. The molecule has 1 heterocycles. The topological polar surface area (TPSA) is 30.0 Å². The van der Waals surface area contributed by atoms with Gasteiger partial charge >= 0.3 is 0 Å². The zero-order chi connectivity index (χ0) is 8.81. The van der Waals surface area contributed by atoms with E-state index < -0.39 is 0 Å². The van der Waals surface area contributed by atoms with Gasteiger partial charge < -0.3 is 0 Å². The van der Waals surface area contributed by atoms with E-state index >= 15 is 0 Å². The molecule has 64 valence electrons. The number of carbonyl (C=O) groups is 1. The summed E-state index contributed by atoms with van der Waals surface area (Å²) in [6, 6.07) is 5.75. The molecule has 12 heavy (non-hydrogen) atoms. The van der Waals surface area contributed by atoms with Crippen LogP contribution in [0.15, 0.2) is 29.4 Å². The maximum atomic E-state index is 10.6. The summed E-state index contributed by atoms with van der Waals surface area (Å²) in [5.74, 6) is 0. The van der Waals surface area contributed by atoms with Crippen LogP contribution in [0, 0.1) is 0 Å². The van der Waals surface area contributed by atoms with Crippen molar-refractivity contribution in [2.75, 3.05) is 5.08 Å². The second-order valence-electron chi connectivity index (χ2n) is 2.07. The number of pyridine rings is 1. The van der Waals surface area contributed by atoms with Crippen LogP contribution < -0.4 is 0 Å². The summed E-state index contributed by atoms with van der Waals surface area (Å²) < 4.78 is 0. The Kier molecular flexibility index (Phi) is 4.18. The van der Waals surface area contributed by atoms with E-state index in [1.807, 2.05) is 18.2 Å². The van der Waals surface area contributed by atoms with E-state index in [9.17, 15) is 4.79 Å². The lowest BCUT2D eigenvalue weighted by Gasteiger charge is -1.96. The van der Waals surface area contributed by atoms with Crippen molar-refractivity contribution in [1.82, 2.24) is 4.98 Å². The van der Waals surface area contributed by atoms with E-state index in [1.54, 1.807) is 24.9 Å². The number of thioether (sulfide) groups is 2. The molecule has 0 unspecified atom stereocenters. The molecule has 0 N–H and O–H groups in total. The normalized spacial score (nSPS) is 9.75. The monoisotopic (exact) mass is 199 g/mol. The molecule has 0 aromatic carbocycles. The minimum absolute atomic E-state index is 0.151. The van der Waals surface area contributed by atoms with Crippen molar-refractivity contribution in [2.24, 2.45) is 0 Å². The van der Waals surface area contributed by atoms with Gasteiger partial charge in [0.15, 0.2) is 5.12 Å². The van der Waals surface area contributed by atoms with Crippen molar-refractivity contribution in [2.45, 2.75) is 11.9 Å².